The predicted molar refractivity (Wildman–Crippen MR) is 121 cm³/mol. The molecule has 0 aliphatic carbocycles. The molecule has 1 N–H and O–H groups in total. The molecular weight excluding hydrogens is 390 g/mol. The molecule has 0 atom stereocenters. The van der Waals surface area contributed by atoms with Gasteiger partial charge in [0.2, 0.25) is 0 Å². The van der Waals surface area contributed by atoms with Gasteiger partial charge in [0.1, 0.15) is 11.3 Å². The summed E-state index contributed by atoms with van der Waals surface area (Å²) in [6.07, 6.45) is 1.82. The van der Waals surface area contributed by atoms with Gasteiger partial charge < -0.3 is 19.6 Å². The highest BCUT2D eigenvalue weighted by molar-refractivity contribution is 6.07. The van der Waals surface area contributed by atoms with Crippen molar-refractivity contribution in [2.24, 2.45) is 0 Å². The summed E-state index contributed by atoms with van der Waals surface area (Å²) in [6.45, 7) is 4.03. The van der Waals surface area contributed by atoms with Crippen LogP contribution < -0.4 is 10.2 Å². The van der Waals surface area contributed by atoms with Crippen LogP contribution in [0.15, 0.2) is 71.4 Å². The second-order valence-electron chi connectivity index (χ2n) is 7.76. The molecule has 0 unspecified atom stereocenters. The molecule has 3 heterocycles. The van der Waals surface area contributed by atoms with E-state index in [0.29, 0.717) is 22.7 Å². The minimum absolute atomic E-state index is 0.220. The summed E-state index contributed by atoms with van der Waals surface area (Å²) in [5.74, 6) is 0.957. The molecule has 1 fully saturated rings. The van der Waals surface area contributed by atoms with Gasteiger partial charge in [-0.2, -0.15) is 0 Å². The normalized spacial score (nSPS) is 14.7. The summed E-state index contributed by atoms with van der Waals surface area (Å²) in [5.41, 5.74) is 3.23. The lowest BCUT2D eigenvalue weighted by atomic mass is 10.1. The van der Waals surface area contributed by atoms with Crippen LogP contribution in [0.25, 0.3) is 22.2 Å². The average Bonchev–Trinajstić information content (AvgIpc) is 3.24. The van der Waals surface area contributed by atoms with Gasteiger partial charge in [-0.15, -0.1) is 0 Å². The second-order valence-corrected chi connectivity index (χ2v) is 7.76. The summed E-state index contributed by atoms with van der Waals surface area (Å²) < 4.78 is 5.53. The Morgan fingerprint density at radius 3 is 2.55 bits per heavy atom. The third-order valence-corrected chi connectivity index (χ3v) is 5.63. The maximum atomic E-state index is 12.8. The highest BCUT2D eigenvalue weighted by Crippen LogP contribution is 2.29. The molecule has 156 valence electrons. The summed E-state index contributed by atoms with van der Waals surface area (Å²) in [4.78, 5) is 21.9. The lowest BCUT2D eigenvalue weighted by Crippen LogP contribution is -2.44. The van der Waals surface area contributed by atoms with E-state index >= 15 is 0 Å². The lowest BCUT2D eigenvalue weighted by Gasteiger charge is -2.33. The first-order valence-electron chi connectivity index (χ1n) is 10.3. The van der Waals surface area contributed by atoms with Crippen molar-refractivity contribution in [3.8, 4) is 11.3 Å². The van der Waals surface area contributed by atoms with Crippen LogP contribution in [0.1, 0.15) is 10.4 Å². The molecule has 1 aliphatic rings. The van der Waals surface area contributed by atoms with E-state index in [4.69, 9.17) is 4.52 Å². The van der Waals surface area contributed by atoms with Crippen LogP contribution in [0, 0.1) is 0 Å². The van der Waals surface area contributed by atoms with Crippen LogP contribution in [-0.2, 0) is 0 Å². The molecule has 7 nitrogen and oxygen atoms in total. The summed E-state index contributed by atoms with van der Waals surface area (Å²) in [6, 6.07) is 18.9. The molecule has 2 aromatic carbocycles. The molecular formula is C24H23N5O2. The Balaban J connectivity index is 1.33. The van der Waals surface area contributed by atoms with E-state index in [1.807, 2.05) is 54.7 Å². The van der Waals surface area contributed by atoms with Crippen molar-refractivity contribution in [3.05, 3.63) is 72.4 Å². The van der Waals surface area contributed by atoms with E-state index in [0.717, 1.165) is 42.8 Å². The third-order valence-electron chi connectivity index (χ3n) is 5.63. The van der Waals surface area contributed by atoms with Gasteiger partial charge in [0.25, 0.3) is 5.91 Å². The monoisotopic (exact) mass is 413 g/mol. The van der Waals surface area contributed by atoms with E-state index in [9.17, 15) is 4.79 Å². The number of piperazine rings is 1. The SMILES string of the molecule is CN1CCN(c2ccc(NC(=O)c3ccc4noc(-c5ccccc5)c4c3)nc2)CC1. The molecule has 1 amide bonds. The van der Waals surface area contributed by atoms with Crippen molar-refractivity contribution in [1.29, 1.82) is 0 Å². The van der Waals surface area contributed by atoms with Crippen LogP contribution >= 0.6 is 0 Å². The number of amides is 1. The van der Waals surface area contributed by atoms with Crippen molar-refractivity contribution >= 4 is 28.3 Å². The molecule has 0 saturated carbocycles. The highest BCUT2D eigenvalue weighted by Gasteiger charge is 2.16. The Morgan fingerprint density at radius 1 is 1.00 bits per heavy atom. The molecule has 2 aromatic heterocycles. The second kappa shape index (κ2) is 8.20. The van der Waals surface area contributed by atoms with E-state index < -0.39 is 0 Å². The highest BCUT2D eigenvalue weighted by atomic mass is 16.5. The maximum absolute atomic E-state index is 12.8. The smallest absolute Gasteiger partial charge is 0.256 e. The fourth-order valence-corrected chi connectivity index (χ4v) is 3.78. The number of carbonyl (C=O) groups is 1. The average molecular weight is 413 g/mol. The van der Waals surface area contributed by atoms with Crippen LogP contribution in [0.2, 0.25) is 0 Å². The number of fused-ring (bicyclic) bond motifs is 1. The van der Waals surface area contributed by atoms with Gasteiger partial charge in [-0.05, 0) is 37.4 Å². The van der Waals surface area contributed by atoms with Gasteiger partial charge in [-0.3, -0.25) is 4.79 Å². The molecule has 0 spiro atoms. The van der Waals surface area contributed by atoms with E-state index in [2.05, 4.69) is 32.3 Å². The largest absolute Gasteiger partial charge is 0.368 e. The molecule has 5 rings (SSSR count). The fraction of sp³-hybridized carbons (Fsp3) is 0.208. The Hall–Kier alpha value is -3.71. The zero-order chi connectivity index (χ0) is 21.2. The zero-order valence-corrected chi connectivity index (χ0v) is 17.3. The number of hydrogen-bond acceptors (Lipinski definition) is 6. The molecule has 0 bridgehead atoms. The van der Waals surface area contributed by atoms with Gasteiger partial charge in [0, 0.05) is 37.3 Å². The van der Waals surface area contributed by atoms with E-state index in [1.54, 1.807) is 12.1 Å². The minimum atomic E-state index is -0.220. The number of likely N-dealkylation sites (N-methyl/N-ethyl adjacent to an activating group) is 1. The number of pyridine rings is 1. The first-order chi connectivity index (χ1) is 15.2. The third kappa shape index (κ3) is 4.00. The first-order valence-corrected chi connectivity index (χ1v) is 10.3. The minimum Gasteiger partial charge on any atom is -0.368 e. The molecule has 31 heavy (non-hydrogen) atoms. The number of carbonyl (C=O) groups excluding carboxylic acids is 1. The number of nitrogens with zero attached hydrogens (tertiary/aromatic N) is 4. The van der Waals surface area contributed by atoms with Gasteiger partial charge in [0.05, 0.1) is 17.3 Å². The molecule has 4 aromatic rings. The standard InChI is InChI=1S/C24H23N5O2/c1-28-11-13-29(14-12-28)19-8-10-22(25-16-19)26-24(30)18-7-9-21-20(15-18)23(31-27-21)17-5-3-2-4-6-17/h2-10,15-16H,11-14H2,1H3,(H,25,26,30). The number of nitrogens with one attached hydrogen (secondary N) is 1. The van der Waals surface area contributed by atoms with Crippen LogP contribution in [0.4, 0.5) is 11.5 Å². The van der Waals surface area contributed by atoms with Crippen LogP contribution in [-0.4, -0.2) is 54.2 Å². The molecule has 1 aliphatic heterocycles. The van der Waals surface area contributed by atoms with Crippen molar-refractivity contribution < 1.29 is 9.32 Å². The van der Waals surface area contributed by atoms with Gasteiger partial charge >= 0.3 is 0 Å². The predicted octanol–water partition coefficient (Wildman–Crippen LogP) is 3.89. The van der Waals surface area contributed by atoms with E-state index in [1.165, 1.54) is 0 Å². The maximum Gasteiger partial charge on any atom is 0.256 e. The number of benzene rings is 2. The molecule has 7 heteroatoms. The summed E-state index contributed by atoms with van der Waals surface area (Å²) in [7, 11) is 2.13. The van der Waals surface area contributed by atoms with E-state index in [-0.39, 0.29) is 5.91 Å². The Labute approximate surface area is 180 Å². The van der Waals surface area contributed by atoms with Crippen LogP contribution in [0.5, 0.6) is 0 Å². The topological polar surface area (TPSA) is 74.5 Å². The summed E-state index contributed by atoms with van der Waals surface area (Å²) in [5, 5.41) is 7.80. The number of rotatable bonds is 4. The van der Waals surface area contributed by atoms with Crippen LogP contribution in [0.3, 0.4) is 0 Å². The molecule has 1 saturated heterocycles. The Bertz CT molecular complexity index is 1200. The molecule has 0 radical (unpaired) electrons. The van der Waals surface area contributed by atoms with Crippen molar-refractivity contribution in [2.75, 3.05) is 43.4 Å². The fourth-order valence-electron chi connectivity index (χ4n) is 3.78. The number of hydrogen-bond donors (Lipinski definition) is 1. The Morgan fingerprint density at radius 2 is 1.81 bits per heavy atom. The number of anilines is 2. The van der Waals surface area contributed by atoms with Crippen molar-refractivity contribution in [3.63, 3.8) is 0 Å². The van der Waals surface area contributed by atoms with Gasteiger partial charge in [-0.25, -0.2) is 4.98 Å². The number of aromatic nitrogens is 2. The summed E-state index contributed by atoms with van der Waals surface area (Å²) >= 11 is 0. The Kier molecular flexibility index (Phi) is 5.09. The van der Waals surface area contributed by atoms with Crippen molar-refractivity contribution in [2.45, 2.75) is 0 Å². The quantitative estimate of drug-likeness (QED) is 0.547. The van der Waals surface area contributed by atoms with Gasteiger partial charge in [0.15, 0.2) is 5.76 Å². The van der Waals surface area contributed by atoms with Crippen molar-refractivity contribution in [1.82, 2.24) is 15.0 Å². The zero-order valence-electron chi connectivity index (χ0n) is 17.3. The lowest BCUT2D eigenvalue weighted by molar-refractivity contribution is 0.102. The first kappa shape index (κ1) is 19.3. The van der Waals surface area contributed by atoms with Gasteiger partial charge in [-0.1, -0.05) is 35.5 Å².